The summed E-state index contributed by atoms with van der Waals surface area (Å²) < 4.78 is 0. The highest BCUT2D eigenvalue weighted by atomic mass is 35.5. The van der Waals surface area contributed by atoms with E-state index in [1.54, 1.807) is 29.1 Å². The minimum atomic E-state index is -0.255. The van der Waals surface area contributed by atoms with Crippen molar-refractivity contribution in [1.29, 1.82) is 0 Å². The highest BCUT2D eigenvalue weighted by Crippen LogP contribution is 2.20. The van der Waals surface area contributed by atoms with Gasteiger partial charge < -0.3 is 14.7 Å². The van der Waals surface area contributed by atoms with Gasteiger partial charge in [0.25, 0.3) is 0 Å². The number of hydrogen-bond donors (Lipinski definition) is 0. The first-order chi connectivity index (χ1) is 10.9. The molecule has 0 aliphatic carbocycles. The number of halogens is 1. The fourth-order valence-electron chi connectivity index (χ4n) is 2.64. The van der Waals surface area contributed by atoms with Gasteiger partial charge in [-0.05, 0) is 25.7 Å². The smallest absolute Gasteiger partial charge is 0.228 e. The summed E-state index contributed by atoms with van der Waals surface area (Å²) >= 11 is 5.76. The van der Waals surface area contributed by atoms with Crippen LogP contribution in [-0.2, 0) is 16.1 Å². The molecule has 1 aromatic rings. The lowest BCUT2D eigenvalue weighted by molar-refractivity contribution is -0.135. The molecule has 1 aromatic heterocycles. The summed E-state index contributed by atoms with van der Waals surface area (Å²) in [4.78, 5) is 34.0. The molecule has 0 unspecified atom stereocenters. The Kier molecular flexibility index (Phi) is 5.96. The summed E-state index contributed by atoms with van der Waals surface area (Å²) in [6.07, 6.45) is 1.96. The van der Waals surface area contributed by atoms with Crippen LogP contribution < -0.4 is 0 Å². The summed E-state index contributed by atoms with van der Waals surface area (Å²) in [7, 11) is 5.69. The maximum Gasteiger partial charge on any atom is 0.228 e. The van der Waals surface area contributed by atoms with Crippen molar-refractivity contribution in [3.63, 3.8) is 0 Å². The molecule has 2 rings (SSSR count). The largest absolute Gasteiger partial charge is 0.341 e. The van der Waals surface area contributed by atoms with E-state index in [1.165, 1.54) is 0 Å². The van der Waals surface area contributed by atoms with Gasteiger partial charge in [-0.1, -0.05) is 17.7 Å². The third kappa shape index (κ3) is 4.91. The van der Waals surface area contributed by atoms with Gasteiger partial charge in [-0.15, -0.1) is 0 Å². The average molecular weight is 339 g/mol. The first-order valence-corrected chi connectivity index (χ1v) is 8.02. The summed E-state index contributed by atoms with van der Waals surface area (Å²) in [6.45, 7) is 2.44. The van der Waals surface area contributed by atoms with Crippen LogP contribution in [0.1, 0.15) is 12.0 Å². The number of carbonyl (C=O) groups is 2. The van der Waals surface area contributed by atoms with E-state index >= 15 is 0 Å². The Morgan fingerprint density at radius 1 is 1.39 bits per heavy atom. The molecule has 23 heavy (non-hydrogen) atoms. The van der Waals surface area contributed by atoms with E-state index in [0.29, 0.717) is 31.2 Å². The Bertz CT molecular complexity index is 562. The molecular weight excluding hydrogens is 316 g/mol. The third-order valence-electron chi connectivity index (χ3n) is 3.97. The van der Waals surface area contributed by atoms with Gasteiger partial charge in [0.2, 0.25) is 11.8 Å². The zero-order chi connectivity index (χ0) is 17.0. The maximum absolute atomic E-state index is 12.5. The molecule has 1 fully saturated rings. The fraction of sp³-hybridized carbons (Fsp3) is 0.562. The van der Waals surface area contributed by atoms with Crippen LogP contribution in [0.4, 0.5) is 0 Å². The van der Waals surface area contributed by atoms with Gasteiger partial charge in [0.1, 0.15) is 5.15 Å². The zero-order valence-corrected chi connectivity index (χ0v) is 14.6. The van der Waals surface area contributed by atoms with Crippen LogP contribution in [0, 0.1) is 5.92 Å². The highest BCUT2D eigenvalue weighted by molar-refractivity contribution is 6.29. The SMILES string of the molecule is CN(C)CCN1C[C@H](C(=O)N(C)Cc2ccc(Cl)nc2)CC1=O. The van der Waals surface area contributed by atoms with Crippen molar-refractivity contribution >= 4 is 23.4 Å². The fourth-order valence-corrected chi connectivity index (χ4v) is 2.75. The lowest BCUT2D eigenvalue weighted by Gasteiger charge is -2.22. The lowest BCUT2D eigenvalue weighted by Crippen LogP contribution is -2.36. The topological polar surface area (TPSA) is 56.8 Å². The Morgan fingerprint density at radius 2 is 2.13 bits per heavy atom. The molecule has 0 bridgehead atoms. The minimum absolute atomic E-state index is 0.000605. The van der Waals surface area contributed by atoms with E-state index < -0.39 is 0 Å². The molecule has 0 aromatic carbocycles. The van der Waals surface area contributed by atoms with Gasteiger partial charge >= 0.3 is 0 Å². The summed E-state index contributed by atoms with van der Waals surface area (Å²) in [5, 5.41) is 0.431. The number of rotatable bonds is 6. The molecule has 1 aliphatic rings. The Hall–Kier alpha value is -1.66. The van der Waals surface area contributed by atoms with Crippen molar-refractivity contribution in [1.82, 2.24) is 19.7 Å². The van der Waals surface area contributed by atoms with Crippen molar-refractivity contribution in [3.8, 4) is 0 Å². The highest BCUT2D eigenvalue weighted by Gasteiger charge is 2.35. The minimum Gasteiger partial charge on any atom is -0.341 e. The van der Waals surface area contributed by atoms with Crippen molar-refractivity contribution in [2.75, 3.05) is 40.8 Å². The predicted molar refractivity (Wildman–Crippen MR) is 89.0 cm³/mol. The number of carbonyl (C=O) groups excluding carboxylic acids is 2. The number of likely N-dealkylation sites (tertiary alicyclic amines) is 1. The first kappa shape index (κ1) is 17.7. The molecule has 0 saturated carbocycles. The second kappa shape index (κ2) is 7.75. The van der Waals surface area contributed by atoms with Crippen molar-refractivity contribution < 1.29 is 9.59 Å². The maximum atomic E-state index is 12.5. The number of aromatic nitrogens is 1. The predicted octanol–water partition coefficient (Wildman–Crippen LogP) is 1.10. The second-order valence-electron chi connectivity index (χ2n) is 6.23. The van der Waals surface area contributed by atoms with E-state index in [9.17, 15) is 9.59 Å². The molecule has 1 atom stereocenters. The molecule has 6 nitrogen and oxygen atoms in total. The summed E-state index contributed by atoms with van der Waals surface area (Å²) in [5.74, 6) is -0.192. The van der Waals surface area contributed by atoms with Crippen molar-refractivity contribution in [2.24, 2.45) is 5.92 Å². The molecule has 126 valence electrons. The van der Waals surface area contributed by atoms with E-state index in [-0.39, 0.29) is 17.7 Å². The normalized spacial score (nSPS) is 17.9. The number of amides is 2. The second-order valence-corrected chi connectivity index (χ2v) is 6.61. The van der Waals surface area contributed by atoms with Crippen LogP contribution in [0.5, 0.6) is 0 Å². The molecule has 2 heterocycles. The quantitative estimate of drug-likeness (QED) is 0.729. The molecule has 1 aliphatic heterocycles. The van der Waals surface area contributed by atoms with E-state index in [0.717, 1.165) is 12.1 Å². The van der Waals surface area contributed by atoms with E-state index in [4.69, 9.17) is 11.6 Å². The number of pyridine rings is 1. The molecule has 0 spiro atoms. The molecule has 1 saturated heterocycles. The van der Waals surface area contributed by atoms with Gasteiger partial charge in [0, 0.05) is 45.8 Å². The number of likely N-dealkylation sites (N-methyl/N-ethyl adjacent to an activating group) is 1. The van der Waals surface area contributed by atoms with Crippen LogP contribution in [0.2, 0.25) is 5.15 Å². The van der Waals surface area contributed by atoms with Gasteiger partial charge in [-0.25, -0.2) is 4.98 Å². The van der Waals surface area contributed by atoms with Crippen LogP contribution in [-0.4, -0.2) is 72.3 Å². The van der Waals surface area contributed by atoms with Crippen LogP contribution in [0.3, 0.4) is 0 Å². The molecule has 7 heteroatoms. The van der Waals surface area contributed by atoms with Crippen molar-refractivity contribution in [2.45, 2.75) is 13.0 Å². The third-order valence-corrected chi connectivity index (χ3v) is 4.19. The monoisotopic (exact) mass is 338 g/mol. The summed E-state index contributed by atoms with van der Waals surface area (Å²) in [5.41, 5.74) is 0.916. The van der Waals surface area contributed by atoms with E-state index in [2.05, 4.69) is 4.98 Å². The Labute approximate surface area is 142 Å². The van der Waals surface area contributed by atoms with Crippen LogP contribution in [0.25, 0.3) is 0 Å². The molecule has 2 amide bonds. The molecule has 0 radical (unpaired) electrons. The number of nitrogens with zero attached hydrogens (tertiary/aromatic N) is 4. The van der Waals surface area contributed by atoms with Gasteiger partial charge in [-0.2, -0.15) is 0 Å². The Morgan fingerprint density at radius 3 is 2.74 bits per heavy atom. The molecular formula is C16H23ClN4O2. The van der Waals surface area contributed by atoms with Gasteiger partial charge in [0.05, 0.1) is 5.92 Å². The Balaban J connectivity index is 1.89. The lowest BCUT2D eigenvalue weighted by atomic mass is 10.1. The van der Waals surface area contributed by atoms with Crippen LogP contribution in [0.15, 0.2) is 18.3 Å². The number of hydrogen-bond acceptors (Lipinski definition) is 4. The average Bonchev–Trinajstić information content (AvgIpc) is 2.87. The van der Waals surface area contributed by atoms with Gasteiger partial charge in [-0.3, -0.25) is 9.59 Å². The van der Waals surface area contributed by atoms with E-state index in [1.807, 2.05) is 25.1 Å². The van der Waals surface area contributed by atoms with Gasteiger partial charge in [0.15, 0.2) is 0 Å². The first-order valence-electron chi connectivity index (χ1n) is 7.64. The standard InChI is InChI=1S/C16H23ClN4O2/c1-19(2)6-7-21-11-13(8-15(21)22)16(23)20(3)10-12-4-5-14(17)18-9-12/h4-5,9,13H,6-8,10-11H2,1-3H3/t13-/m1/s1. The van der Waals surface area contributed by atoms with Crippen LogP contribution >= 0.6 is 11.6 Å². The molecule has 0 N–H and O–H groups in total. The summed E-state index contributed by atoms with van der Waals surface area (Å²) in [6, 6.07) is 3.56. The van der Waals surface area contributed by atoms with Crippen molar-refractivity contribution in [3.05, 3.63) is 29.0 Å². The zero-order valence-electron chi connectivity index (χ0n) is 13.8.